The SMILES string of the molecule is CCCC1(CNC(=O)c2ncccc2O)CC1. The van der Waals surface area contributed by atoms with Crippen LogP contribution in [0.4, 0.5) is 0 Å². The van der Waals surface area contributed by atoms with E-state index >= 15 is 0 Å². The van der Waals surface area contributed by atoms with E-state index < -0.39 is 0 Å². The smallest absolute Gasteiger partial charge is 0.273 e. The fourth-order valence-electron chi connectivity index (χ4n) is 2.15. The Morgan fingerprint density at radius 1 is 1.59 bits per heavy atom. The summed E-state index contributed by atoms with van der Waals surface area (Å²) in [6, 6.07) is 3.08. The van der Waals surface area contributed by atoms with Crippen molar-refractivity contribution in [2.24, 2.45) is 5.41 Å². The van der Waals surface area contributed by atoms with Gasteiger partial charge in [-0.1, -0.05) is 13.3 Å². The molecule has 1 aliphatic carbocycles. The summed E-state index contributed by atoms with van der Waals surface area (Å²) >= 11 is 0. The van der Waals surface area contributed by atoms with Crippen molar-refractivity contribution in [1.82, 2.24) is 10.3 Å². The van der Waals surface area contributed by atoms with Crippen LogP contribution in [0.15, 0.2) is 18.3 Å². The molecule has 1 aromatic heterocycles. The highest BCUT2D eigenvalue weighted by Gasteiger charge is 2.41. The summed E-state index contributed by atoms with van der Waals surface area (Å²) in [5, 5.41) is 12.4. The third-order valence-corrected chi connectivity index (χ3v) is 3.36. The number of aromatic nitrogens is 1. The van der Waals surface area contributed by atoms with Gasteiger partial charge in [0.1, 0.15) is 5.75 Å². The van der Waals surface area contributed by atoms with Crippen LogP contribution in [0.5, 0.6) is 5.75 Å². The van der Waals surface area contributed by atoms with Crippen LogP contribution in [-0.4, -0.2) is 22.5 Å². The molecule has 1 saturated carbocycles. The first-order valence-electron chi connectivity index (χ1n) is 6.09. The third kappa shape index (κ3) is 2.75. The summed E-state index contributed by atoms with van der Waals surface area (Å²) in [6.45, 7) is 2.85. The van der Waals surface area contributed by atoms with Crippen LogP contribution in [0.2, 0.25) is 0 Å². The molecule has 4 nitrogen and oxygen atoms in total. The second kappa shape index (κ2) is 4.73. The maximum atomic E-state index is 11.8. The van der Waals surface area contributed by atoms with Gasteiger partial charge in [-0.3, -0.25) is 4.79 Å². The first kappa shape index (κ1) is 11.9. The molecule has 1 amide bonds. The lowest BCUT2D eigenvalue weighted by atomic mass is 10.0. The van der Waals surface area contributed by atoms with Gasteiger partial charge >= 0.3 is 0 Å². The number of nitrogens with one attached hydrogen (secondary N) is 1. The van der Waals surface area contributed by atoms with E-state index in [4.69, 9.17) is 0 Å². The molecule has 0 aliphatic heterocycles. The average molecular weight is 234 g/mol. The Kier molecular flexibility index (Phi) is 3.31. The summed E-state index contributed by atoms with van der Waals surface area (Å²) in [6.07, 6.45) is 6.18. The predicted octanol–water partition coefficient (Wildman–Crippen LogP) is 2.10. The first-order valence-corrected chi connectivity index (χ1v) is 6.09. The van der Waals surface area contributed by atoms with Crippen molar-refractivity contribution >= 4 is 5.91 Å². The van der Waals surface area contributed by atoms with Gasteiger partial charge in [0.25, 0.3) is 5.91 Å². The van der Waals surface area contributed by atoms with Gasteiger partial charge in [0.15, 0.2) is 5.69 Å². The van der Waals surface area contributed by atoms with Gasteiger partial charge < -0.3 is 10.4 Å². The maximum Gasteiger partial charge on any atom is 0.273 e. The van der Waals surface area contributed by atoms with E-state index in [1.807, 2.05) is 0 Å². The zero-order chi connectivity index (χ0) is 12.3. The van der Waals surface area contributed by atoms with E-state index in [1.165, 1.54) is 25.1 Å². The van der Waals surface area contributed by atoms with E-state index in [-0.39, 0.29) is 17.4 Å². The number of hydrogen-bond donors (Lipinski definition) is 2. The summed E-state index contributed by atoms with van der Waals surface area (Å²) < 4.78 is 0. The van der Waals surface area contributed by atoms with Crippen molar-refractivity contribution in [1.29, 1.82) is 0 Å². The van der Waals surface area contributed by atoms with E-state index in [9.17, 15) is 9.90 Å². The Balaban J connectivity index is 1.92. The molecule has 2 N–H and O–H groups in total. The van der Waals surface area contributed by atoms with Crippen molar-refractivity contribution in [2.45, 2.75) is 32.6 Å². The molecule has 17 heavy (non-hydrogen) atoms. The zero-order valence-electron chi connectivity index (χ0n) is 10.1. The zero-order valence-corrected chi connectivity index (χ0v) is 10.1. The monoisotopic (exact) mass is 234 g/mol. The number of hydrogen-bond acceptors (Lipinski definition) is 3. The van der Waals surface area contributed by atoms with Gasteiger partial charge in [0, 0.05) is 12.7 Å². The molecule has 92 valence electrons. The Labute approximate surface area is 101 Å². The van der Waals surface area contributed by atoms with Gasteiger partial charge in [-0.2, -0.15) is 0 Å². The third-order valence-electron chi connectivity index (χ3n) is 3.36. The van der Waals surface area contributed by atoms with Crippen LogP contribution < -0.4 is 5.32 Å². The Morgan fingerprint density at radius 2 is 2.35 bits per heavy atom. The molecule has 0 saturated heterocycles. The molecule has 1 aromatic rings. The van der Waals surface area contributed by atoms with Crippen LogP contribution in [0, 0.1) is 5.41 Å². The topological polar surface area (TPSA) is 62.2 Å². The minimum atomic E-state index is -0.287. The lowest BCUT2D eigenvalue weighted by Crippen LogP contribution is -2.30. The van der Waals surface area contributed by atoms with E-state index in [0.717, 1.165) is 12.8 Å². The van der Waals surface area contributed by atoms with Crippen LogP contribution >= 0.6 is 0 Å². The molecule has 1 heterocycles. The molecule has 1 aliphatic rings. The van der Waals surface area contributed by atoms with Crippen LogP contribution in [-0.2, 0) is 0 Å². The summed E-state index contributed by atoms with van der Waals surface area (Å²) in [5.74, 6) is -0.351. The Hall–Kier alpha value is -1.58. The highest BCUT2D eigenvalue weighted by atomic mass is 16.3. The lowest BCUT2D eigenvalue weighted by molar-refractivity contribution is 0.0936. The normalized spacial score (nSPS) is 16.5. The second-order valence-corrected chi connectivity index (χ2v) is 4.80. The van der Waals surface area contributed by atoms with Gasteiger partial charge in [-0.25, -0.2) is 4.98 Å². The molecular formula is C13H18N2O2. The maximum absolute atomic E-state index is 11.8. The molecule has 0 spiro atoms. The molecule has 0 bridgehead atoms. The quantitative estimate of drug-likeness (QED) is 0.820. The van der Waals surface area contributed by atoms with Crippen LogP contribution in [0.25, 0.3) is 0 Å². The molecule has 0 radical (unpaired) electrons. The van der Waals surface area contributed by atoms with Gasteiger partial charge in [-0.15, -0.1) is 0 Å². The summed E-state index contributed by atoms with van der Waals surface area (Å²) in [4.78, 5) is 15.7. The average Bonchev–Trinajstić information content (AvgIpc) is 3.08. The van der Waals surface area contributed by atoms with Crippen molar-refractivity contribution in [3.05, 3.63) is 24.0 Å². The van der Waals surface area contributed by atoms with Crippen molar-refractivity contribution in [2.75, 3.05) is 6.54 Å². The standard InChI is InChI=1S/C13H18N2O2/c1-2-5-13(6-7-13)9-15-12(17)11-10(16)4-3-8-14-11/h3-4,8,16H,2,5-7,9H2,1H3,(H,15,17). The molecule has 2 rings (SSSR count). The van der Waals surface area contributed by atoms with Gasteiger partial charge in [0.05, 0.1) is 0 Å². The number of carbonyl (C=O) groups excluding carboxylic acids is 1. The summed E-state index contributed by atoms with van der Waals surface area (Å²) in [5.41, 5.74) is 0.425. The molecule has 4 heteroatoms. The van der Waals surface area contributed by atoms with Crippen molar-refractivity contribution in [3.8, 4) is 5.75 Å². The number of aromatic hydroxyl groups is 1. The molecule has 1 fully saturated rings. The number of rotatable bonds is 5. The van der Waals surface area contributed by atoms with E-state index in [2.05, 4.69) is 17.2 Å². The highest BCUT2D eigenvalue weighted by Crippen LogP contribution is 2.48. The minimum absolute atomic E-state index is 0.0645. The Bertz CT molecular complexity index is 414. The molecule has 0 unspecified atom stereocenters. The molecule has 0 aromatic carbocycles. The fourth-order valence-corrected chi connectivity index (χ4v) is 2.15. The van der Waals surface area contributed by atoms with E-state index in [0.29, 0.717) is 12.0 Å². The number of pyridine rings is 1. The largest absolute Gasteiger partial charge is 0.505 e. The number of nitrogens with zero attached hydrogens (tertiary/aromatic N) is 1. The van der Waals surface area contributed by atoms with Crippen molar-refractivity contribution < 1.29 is 9.90 Å². The summed E-state index contributed by atoms with van der Waals surface area (Å²) in [7, 11) is 0. The highest BCUT2D eigenvalue weighted by molar-refractivity contribution is 5.94. The lowest BCUT2D eigenvalue weighted by Gasteiger charge is -2.14. The first-order chi connectivity index (χ1) is 8.17. The Morgan fingerprint density at radius 3 is 2.94 bits per heavy atom. The second-order valence-electron chi connectivity index (χ2n) is 4.80. The molecule has 0 atom stereocenters. The van der Waals surface area contributed by atoms with Gasteiger partial charge in [0.2, 0.25) is 0 Å². The number of carbonyl (C=O) groups is 1. The van der Waals surface area contributed by atoms with Crippen LogP contribution in [0.1, 0.15) is 43.1 Å². The van der Waals surface area contributed by atoms with Crippen LogP contribution in [0.3, 0.4) is 0 Å². The predicted molar refractivity (Wildman–Crippen MR) is 64.8 cm³/mol. The molecular weight excluding hydrogens is 216 g/mol. The van der Waals surface area contributed by atoms with Gasteiger partial charge in [-0.05, 0) is 36.8 Å². The fraction of sp³-hybridized carbons (Fsp3) is 0.538. The minimum Gasteiger partial charge on any atom is -0.505 e. The number of amides is 1. The van der Waals surface area contributed by atoms with E-state index in [1.54, 1.807) is 6.07 Å². The van der Waals surface area contributed by atoms with Crippen molar-refractivity contribution in [3.63, 3.8) is 0 Å².